The highest BCUT2D eigenvalue weighted by molar-refractivity contribution is 6.34. The molecule has 2 aromatic rings. The SMILES string of the molecule is C=C1c2ccccc2C(=O)N1CC(=O)OCC(=O)Nc1c(C)cc(C)cc1Cl. The molecule has 1 N–H and O–H groups in total. The van der Waals surface area contributed by atoms with Crippen LogP contribution in [0.25, 0.3) is 5.70 Å². The van der Waals surface area contributed by atoms with E-state index in [4.69, 9.17) is 16.3 Å². The number of anilines is 1. The molecular formula is C21H19ClN2O4. The molecule has 1 aliphatic rings. The zero-order chi connectivity index (χ0) is 20.4. The number of carbonyl (C=O) groups excluding carboxylic acids is 3. The molecule has 0 bridgehead atoms. The Morgan fingerprint density at radius 1 is 1.18 bits per heavy atom. The molecule has 0 unspecified atom stereocenters. The van der Waals surface area contributed by atoms with Gasteiger partial charge in [0.25, 0.3) is 11.8 Å². The molecule has 1 aliphatic heterocycles. The van der Waals surface area contributed by atoms with Crippen LogP contribution in [0.2, 0.25) is 5.02 Å². The molecule has 0 atom stereocenters. The van der Waals surface area contributed by atoms with Gasteiger partial charge in [0, 0.05) is 16.8 Å². The summed E-state index contributed by atoms with van der Waals surface area (Å²) in [6.45, 7) is 6.79. The first-order valence-corrected chi connectivity index (χ1v) is 8.98. The largest absolute Gasteiger partial charge is 0.454 e. The number of benzene rings is 2. The zero-order valence-corrected chi connectivity index (χ0v) is 16.3. The number of esters is 1. The maximum absolute atomic E-state index is 12.4. The van der Waals surface area contributed by atoms with Crippen molar-refractivity contribution >= 4 is 40.8 Å². The minimum absolute atomic E-state index is 0.316. The van der Waals surface area contributed by atoms with Crippen LogP contribution < -0.4 is 5.32 Å². The van der Waals surface area contributed by atoms with Crippen LogP contribution in [0.5, 0.6) is 0 Å². The van der Waals surface area contributed by atoms with Gasteiger partial charge >= 0.3 is 5.97 Å². The highest BCUT2D eigenvalue weighted by atomic mass is 35.5. The van der Waals surface area contributed by atoms with Gasteiger partial charge in [-0.2, -0.15) is 0 Å². The third kappa shape index (κ3) is 3.92. The number of nitrogens with zero attached hydrogens (tertiary/aromatic N) is 1. The Morgan fingerprint density at radius 3 is 2.50 bits per heavy atom. The smallest absolute Gasteiger partial charge is 0.326 e. The Labute approximate surface area is 167 Å². The average molecular weight is 399 g/mol. The third-order valence-electron chi connectivity index (χ3n) is 4.39. The van der Waals surface area contributed by atoms with Crippen LogP contribution in [0.1, 0.15) is 27.0 Å². The topological polar surface area (TPSA) is 75.7 Å². The maximum atomic E-state index is 12.4. The minimum atomic E-state index is -0.704. The molecule has 0 radical (unpaired) electrons. The van der Waals surface area contributed by atoms with E-state index in [2.05, 4.69) is 11.9 Å². The van der Waals surface area contributed by atoms with Crippen molar-refractivity contribution < 1.29 is 19.1 Å². The van der Waals surface area contributed by atoms with Gasteiger partial charge in [-0.15, -0.1) is 0 Å². The van der Waals surface area contributed by atoms with Crippen LogP contribution in [-0.2, 0) is 14.3 Å². The summed E-state index contributed by atoms with van der Waals surface area (Å²) in [6.07, 6.45) is 0. The van der Waals surface area contributed by atoms with E-state index in [-0.39, 0.29) is 12.5 Å². The summed E-state index contributed by atoms with van der Waals surface area (Å²) in [4.78, 5) is 37.8. The number of fused-ring (bicyclic) bond motifs is 1. The highest BCUT2D eigenvalue weighted by Crippen LogP contribution is 2.31. The second-order valence-electron chi connectivity index (χ2n) is 6.53. The number of rotatable bonds is 5. The standard InChI is InChI=1S/C21H19ClN2O4/c1-12-8-13(2)20(17(22)9-12)23-18(25)11-28-19(26)10-24-14(3)15-6-4-5-7-16(15)21(24)27/h4-9H,3,10-11H2,1-2H3,(H,23,25). The molecule has 6 nitrogen and oxygen atoms in total. The van der Waals surface area contributed by atoms with Crippen molar-refractivity contribution in [2.45, 2.75) is 13.8 Å². The molecule has 7 heteroatoms. The van der Waals surface area contributed by atoms with Gasteiger partial charge in [0.05, 0.1) is 10.7 Å². The number of halogens is 1. The molecule has 0 spiro atoms. The fourth-order valence-corrected chi connectivity index (χ4v) is 3.44. The average Bonchev–Trinajstić information content (AvgIpc) is 2.88. The van der Waals surface area contributed by atoms with Crippen molar-refractivity contribution in [1.82, 2.24) is 4.90 Å². The first kappa shape index (κ1) is 19.6. The van der Waals surface area contributed by atoms with Crippen LogP contribution in [0.15, 0.2) is 43.0 Å². The van der Waals surface area contributed by atoms with Crippen LogP contribution in [0, 0.1) is 13.8 Å². The summed E-state index contributed by atoms with van der Waals surface area (Å²) < 4.78 is 5.01. The fourth-order valence-electron chi connectivity index (χ4n) is 3.07. The van der Waals surface area contributed by atoms with Crippen LogP contribution in [0.3, 0.4) is 0 Å². The van der Waals surface area contributed by atoms with Gasteiger partial charge in [0.1, 0.15) is 6.54 Å². The molecule has 0 aromatic heterocycles. The van der Waals surface area contributed by atoms with Gasteiger partial charge in [-0.3, -0.25) is 19.3 Å². The zero-order valence-electron chi connectivity index (χ0n) is 15.5. The third-order valence-corrected chi connectivity index (χ3v) is 4.69. The van der Waals surface area contributed by atoms with Crippen molar-refractivity contribution in [1.29, 1.82) is 0 Å². The molecule has 0 saturated carbocycles. The quantitative estimate of drug-likeness (QED) is 0.781. The highest BCUT2D eigenvalue weighted by Gasteiger charge is 2.32. The molecule has 3 rings (SSSR count). The normalized spacial score (nSPS) is 12.8. The van der Waals surface area contributed by atoms with Gasteiger partial charge in [-0.1, -0.05) is 42.4 Å². The number of hydrogen-bond acceptors (Lipinski definition) is 4. The maximum Gasteiger partial charge on any atom is 0.326 e. The molecule has 144 valence electrons. The number of ether oxygens (including phenoxy) is 1. The lowest BCUT2D eigenvalue weighted by molar-refractivity contribution is -0.147. The van der Waals surface area contributed by atoms with Crippen molar-refractivity contribution in [3.05, 3.63) is 70.3 Å². The van der Waals surface area contributed by atoms with Crippen LogP contribution in [0.4, 0.5) is 5.69 Å². The molecule has 1 heterocycles. The summed E-state index contributed by atoms with van der Waals surface area (Å²) in [6, 6.07) is 10.6. The number of hydrogen-bond donors (Lipinski definition) is 1. The molecule has 28 heavy (non-hydrogen) atoms. The fraction of sp³-hybridized carbons (Fsp3) is 0.190. The molecular weight excluding hydrogens is 380 g/mol. The summed E-state index contributed by atoms with van der Waals surface area (Å²) >= 11 is 6.15. The summed E-state index contributed by atoms with van der Waals surface area (Å²) in [5.74, 6) is -1.54. The van der Waals surface area contributed by atoms with E-state index in [1.54, 1.807) is 30.3 Å². The van der Waals surface area contributed by atoms with Crippen LogP contribution in [-0.4, -0.2) is 35.8 Å². The first-order chi connectivity index (χ1) is 13.3. The Bertz CT molecular complexity index is 942. The molecule has 2 aromatic carbocycles. The first-order valence-electron chi connectivity index (χ1n) is 8.60. The lowest BCUT2D eigenvalue weighted by Crippen LogP contribution is -2.32. The summed E-state index contributed by atoms with van der Waals surface area (Å²) in [5.41, 5.74) is 3.87. The van der Waals surface area contributed by atoms with E-state index in [9.17, 15) is 14.4 Å². The van der Waals surface area contributed by atoms with E-state index in [0.29, 0.717) is 27.5 Å². The van der Waals surface area contributed by atoms with E-state index in [1.807, 2.05) is 19.9 Å². The van der Waals surface area contributed by atoms with Gasteiger partial charge in [-0.25, -0.2) is 0 Å². The van der Waals surface area contributed by atoms with Crippen LogP contribution >= 0.6 is 11.6 Å². The monoisotopic (exact) mass is 398 g/mol. The van der Waals surface area contributed by atoms with E-state index in [1.165, 1.54) is 4.90 Å². The lowest BCUT2D eigenvalue weighted by atomic mass is 10.1. The Morgan fingerprint density at radius 2 is 1.86 bits per heavy atom. The molecule has 0 saturated heterocycles. The van der Waals surface area contributed by atoms with Crippen molar-refractivity contribution in [2.75, 3.05) is 18.5 Å². The number of carbonyl (C=O) groups is 3. The molecule has 0 aliphatic carbocycles. The van der Waals surface area contributed by atoms with Crippen molar-refractivity contribution in [2.24, 2.45) is 0 Å². The second kappa shape index (κ2) is 7.86. The van der Waals surface area contributed by atoms with Crippen molar-refractivity contribution in [3.8, 4) is 0 Å². The summed E-state index contributed by atoms with van der Waals surface area (Å²) in [7, 11) is 0. The second-order valence-corrected chi connectivity index (χ2v) is 6.94. The Hall–Kier alpha value is -3.12. The van der Waals surface area contributed by atoms with E-state index >= 15 is 0 Å². The molecule has 0 fully saturated rings. The van der Waals surface area contributed by atoms with Gasteiger partial charge in [0.15, 0.2) is 6.61 Å². The summed E-state index contributed by atoms with van der Waals surface area (Å²) in [5, 5.41) is 3.05. The van der Waals surface area contributed by atoms with E-state index < -0.39 is 18.5 Å². The minimum Gasteiger partial charge on any atom is -0.454 e. The predicted molar refractivity (Wildman–Crippen MR) is 107 cm³/mol. The Balaban J connectivity index is 1.56. The lowest BCUT2D eigenvalue weighted by Gasteiger charge is -2.16. The number of nitrogens with one attached hydrogen (secondary N) is 1. The van der Waals surface area contributed by atoms with Gasteiger partial charge < -0.3 is 10.1 Å². The van der Waals surface area contributed by atoms with Gasteiger partial charge in [0.2, 0.25) is 0 Å². The van der Waals surface area contributed by atoms with Gasteiger partial charge in [-0.05, 0) is 37.1 Å². The van der Waals surface area contributed by atoms with E-state index in [0.717, 1.165) is 11.1 Å². The van der Waals surface area contributed by atoms with Crippen molar-refractivity contribution in [3.63, 3.8) is 0 Å². The predicted octanol–water partition coefficient (Wildman–Crippen LogP) is 3.57. The molecule has 2 amide bonds. The number of aryl methyl sites for hydroxylation is 2. The Kier molecular flexibility index (Phi) is 5.51. The number of amides is 2.